The van der Waals surface area contributed by atoms with Gasteiger partial charge in [0.25, 0.3) is 5.91 Å². The molecule has 1 fully saturated rings. The zero-order valence-electron chi connectivity index (χ0n) is 20.4. The molecule has 0 atom stereocenters. The highest BCUT2D eigenvalue weighted by Crippen LogP contribution is 2.36. The third-order valence-electron chi connectivity index (χ3n) is 5.48. The number of hydrogen-bond donors (Lipinski definition) is 0. The van der Waals surface area contributed by atoms with Crippen LogP contribution in [-0.4, -0.2) is 54.1 Å². The van der Waals surface area contributed by atoms with Crippen molar-refractivity contribution in [2.45, 2.75) is 20.0 Å². The molecule has 0 radical (unpaired) electrons. The van der Waals surface area contributed by atoms with Crippen molar-refractivity contribution in [1.82, 2.24) is 9.80 Å². The maximum atomic E-state index is 12.9. The lowest BCUT2D eigenvalue weighted by Gasteiger charge is -2.19. The van der Waals surface area contributed by atoms with Gasteiger partial charge in [-0.2, -0.15) is 5.26 Å². The number of amides is 1. The highest BCUT2D eigenvalue weighted by Gasteiger charge is 2.36. The molecule has 0 saturated carbocycles. The predicted molar refractivity (Wildman–Crippen MR) is 139 cm³/mol. The van der Waals surface area contributed by atoms with Gasteiger partial charge in [0, 0.05) is 18.2 Å². The van der Waals surface area contributed by atoms with Gasteiger partial charge in [-0.1, -0.05) is 24.3 Å². The van der Waals surface area contributed by atoms with Crippen molar-refractivity contribution in [2.24, 2.45) is 0 Å². The van der Waals surface area contributed by atoms with Crippen LogP contribution in [0.2, 0.25) is 0 Å². The van der Waals surface area contributed by atoms with E-state index < -0.39 is 5.97 Å². The van der Waals surface area contributed by atoms with Crippen molar-refractivity contribution in [3.8, 4) is 17.6 Å². The van der Waals surface area contributed by atoms with Crippen molar-refractivity contribution in [2.75, 3.05) is 27.3 Å². The molecular formula is C27H27N3O5S. The molecule has 2 aromatic carbocycles. The van der Waals surface area contributed by atoms with E-state index in [9.17, 15) is 14.9 Å². The lowest BCUT2D eigenvalue weighted by molar-refractivity contribution is -0.140. The summed E-state index contributed by atoms with van der Waals surface area (Å²) in [5.74, 6) is 0.165. The van der Waals surface area contributed by atoms with Crippen LogP contribution in [0.25, 0.3) is 6.08 Å². The molecule has 9 heteroatoms. The molecule has 1 heterocycles. The number of hydrogen-bond acceptors (Lipinski definition) is 7. The molecule has 0 aromatic heterocycles. The topological polar surface area (TPSA) is 92.1 Å². The summed E-state index contributed by atoms with van der Waals surface area (Å²) >= 11 is 5.36. The molecule has 1 aliphatic heterocycles. The Morgan fingerprint density at radius 2 is 1.97 bits per heavy atom. The standard InChI is InChI=1S/C27H27N3O5S/c1-5-9-19-12-18(13-22-26(32)29(3)27(36)30(22)16-24(31)33-4)14-23(34-6-2)25(19)35-17-21-11-8-7-10-20(21)15-28/h5,7-8,10-14H,1,6,9,16-17H2,2-4H3/b22-13-. The summed E-state index contributed by atoms with van der Waals surface area (Å²) in [6.07, 6.45) is 3.88. The summed E-state index contributed by atoms with van der Waals surface area (Å²) in [7, 11) is 2.83. The van der Waals surface area contributed by atoms with Crippen LogP contribution in [0.3, 0.4) is 0 Å². The van der Waals surface area contributed by atoms with Crippen molar-refractivity contribution in [3.05, 3.63) is 77.0 Å². The average Bonchev–Trinajstić information content (AvgIpc) is 3.07. The monoisotopic (exact) mass is 505 g/mol. The Balaban J connectivity index is 2.04. The van der Waals surface area contributed by atoms with Crippen LogP contribution < -0.4 is 9.47 Å². The number of methoxy groups -OCH3 is 1. The zero-order valence-corrected chi connectivity index (χ0v) is 21.3. The molecule has 0 unspecified atom stereocenters. The minimum absolute atomic E-state index is 0.179. The predicted octanol–water partition coefficient (Wildman–Crippen LogP) is 3.84. The van der Waals surface area contributed by atoms with Gasteiger partial charge < -0.3 is 19.1 Å². The first-order valence-electron chi connectivity index (χ1n) is 11.2. The van der Waals surface area contributed by atoms with E-state index in [4.69, 9.17) is 26.4 Å². The van der Waals surface area contributed by atoms with Gasteiger partial charge in [0.05, 0.1) is 25.3 Å². The Hall–Kier alpha value is -4.16. The molecule has 1 aliphatic rings. The fourth-order valence-electron chi connectivity index (χ4n) is 3.71. The maximum absolute atomic E-state index is 12.9. The second-order valence-electron chi connectivity index (χ2n) is 7.83. The second kappa shape index (κ2) is 12.0. The van der Waals surface area contributed by atoms with Gasteiger partial charge in [-0.3, -0.25) is 14.5 Å². The Morgan fingerprint density at radius 1 is 1.22 bits per heavy atom. The van der Waals surface area contributed by atoms with Crippen LogP contribution >= 0.6 is 12.2 Å². The summed E-state index contributed by atoms with van der Waals surface area (Å²) in [5, 5.41) is 9.61. The summed E-state index contributed by atoms with van der Waals surface area (Å²) in [6.45, 7) is 6.09. The van der Waals surface area contributed by atoms with Crippen LogP contribution in [0.5, 0.6) is 11.5 Å². The van der Waals surface area contributed by atoms with Crippen molar-refractivity contribution >= 4 is 35.3 Å². The second-order valence-corrected chi connectivity index (χ2v) is 8.19. The summed E-state index contributed by atoms with van der Waals surface area (Å²) < 4.78 is 16.8. The largest absolute Gasteiger partial charge is 0.490 e. The van der Waals surface area contributed by atoms with E-state index in [0.29, 0.717) is 35.7 Å². The minimum Gasteiger partial charge on any atom is -0.490 e. The molecule has 1 saturated heterocycles. The van der Waals surface area contributed by atoms with Crippen molar-refractivity contribution < 1.29 is 23.8 Å². The molecule has 0 N–H and O–H groups in total. The van der Waals surface area contributed by atoms with E-state index in [2.05, 4.69) is 12.6 Å². The first-order chi connectivity index (χ1) is 17.3. The Bertz CT molecular complexity index is 1260. The third kappa shape index (κ3) is 5.73. The molecular weight excluding hydrogens is 478 g/mol. The number of benzene rings is 2. The number of nitrogens with zero attached hydrogens (tertiary/aromatic N) is 3. The van der Waals surface area contributed by atoms with Crippen LogP contribution in [-0.2, 0) is 27.4 Å². The van der Waals surface area contributed by atoms with Gasteiger partial charge in [-0.15, -0.1) is 6.58 Å². The normalized spacial score (nSPS) is 14.1. The SMILES string of the molecule is C=CCc1cc(/C=C2/C(=O)N(C)C(=S)N2CC(=O)OC)cc(OCC)c1OCc1ccccc1C#N. The van der Waals surface area contributed by atoms with E-state index >= 15 is 0 Å². The number of allylic oxidation sites excluding steroid dienone is 1. The molecule has 0 aliphatic carbocycles. The van der Waals surface area contributed by atoms with E-state index in [1.54, 1.807) is 37.4 Å². The number of carbonyl (C=O) groups excluding carboxylic acids is 2. The fraction of sp³-hybridized carbons (Fsp3) is 0.259. The lowest BCUT2D eigenvalue weighted by atomic mass is 10.0. The molecule has 0 bridgehead atoms. The van der Waals surface area contributed by atoms with Crippen LogP contribution in [0.15, 0.2) is 54.8 Å². The quantitative estimate of drug-likeness (QED) is 0.208. The highest BCUT2D eigenvalue weighted by molar-refractivity contribution is 7.80. The molecule has 186 valence electrons. The number of esters is 1. The smallest absolute Gasteiger partial charge is 0.325 e. The number of rotatable bonds is 10. The minimum atomic E-state index is -0.518. The average molecular weight is 506 g/mol. The number of ether oxygens (including phenoxy) is 3. The number of nitriles is 1. The molecule has 8 nitrogen and oxygen atoms in total. The van der Waals surface area contributed by atoms with Crippen LogP contribution in [0.1, 0.15) is 29.2 Å². The van der Waals surface area contributed by atoms with Gasteiger partial charge in [-0.25, -0.2) is 0 Å². The number of likely N-dealkylation sites (N-methyl/N-ethyl adjacent to an activating group) is 1. The van der Waals surface area contributed by atoms with Gasteiger partial charge in [0.15, 0.2) is 16.6 Å². The van der Waals surface area contributed by atoms with Gasteiger partial charge >= 0.3 is 5.97 Å². The summed E-state index contributed by atoms with van der Waals surface area (Å²) in [6, 6.07) is 13.0. The van der Waals surface area contributed by atoms with Crippen molar-refractivity contribution in [1.29, 1.82) is 5.26 Å². The fourth-order valence-corrected chi connectivity index (χ4v) is 3.95. The molecule has 1 amide bonds. The van der Waals surface area contributed by atoms with E-state index in [1.807, 2.05) is 25.1 Å². The molecule has 2 aromatic rings. The summed E-state index contributed by atoms with van der Waals surface area (Å²) in [4.78, 5) is 27.6. The Morgan fingerprint density at radius 3 is 2.64 bits per heavy atom. The Labute approximate surface area is 216 Å². The first-order valence-corrected chi connectivity index (χ1v) is 11.6. The third-order valence-corrected chi connectivity index (χ3v) is 5.97. The lowest BCUT2D eigenvalue weighted by Crippen LogP contribution is -2.33. The van der Waals surface area contributed by atoms with Gasteiger partial charge in [-0.05, 0) is 55.4 Å². The molecule has 0 spiro atoms. The van der Waals surface area contributed by atoms with E-state index in [0.717, 1.165) is 11.1 Å². The maximum Gasteiger partial charge on any atom is 0.325 e. The van der Waals surface area contributed by atoms with Crippen LogP contribution in [0, 0.1) is 11.3 Å². The highest BCUT2D eigenvalue weighted by atomic mass is 32.1. The van der Waals surface area contributed by atoms with E-state index in [1.165, 1.54) is 16.9 Å². The summed E-state index contributed by atoms with van der Waals surface area (Å²) in [5.41, 5.74) is 2.99. The van der Waals surface area contributed by atoms with E-state index in [-0.39, 0.29) is 29.9 Å². The van der Waals surface area contributed by atoms with Crippen molar-refractivity contribution in [3.63, 3.8) is 0 Å². The van der Waals surface area contributed by atoms with Crippen LogP contribution in [0.4, 0.5) is 0 Å². The first kappa shape index (κ1) is 26.4. The Kier molecular flexibility index (Phi) is 8.81. The zero-order chi connectivity index (χ0) is 26.2. The molecule has 36 heavy (non-hydrogen) atoms. The molecule has 3 rings (SSSR count). The van der Waals surface area contributed by atoms with Gasteiger partial charge in [0.2, 0.25) is 0 Å². The number of carbonyl (C=O) groups is 2. The van der Waals surface area contributed by atoms with Gasteiger partial charge in [0.1, 0.15) is 18.8 Å². The number of thiocarbonyl (C=S) groups is 1.